The maximum atomic E-state index is 13.5. The first-order chi connectivity index (χ1) is 13.6. The minimum Gasteiger partial charge on any atom is -0.496 e. The molecule has 0 spiro atoms. The van der Waals surface area contributed by atoms with Gasteiger partial charge in [0, 0.05) is 16.1 Å². The van der Waals surface area contributed by atoms with Crippen LogP contribution in [0.2, 0.25) is 0 Å². The van der Waals surface area contributed by atoms with Gasteiger partial charge in [0.05, 0.1) is 18.7 Å². The van der Waals surface area contributed by atoms with Crippen LogP contribution < -0.4 is 10.1 Å². The first-order valence-corrected chi connectivity index (χ1v) is 9.84. The average molecular weight is 392 g/mol. The van der Waals surface area contributed by atoms with E-state index in [-0.39, 0.29) is 24.4 Å². The van der Waals surface area contributed by atoms with Gasteiger partial charge in [0.25, 0.3) is 5.91 Å². The van der Waals surface area contributed by atoms with E-state index in [4.69, 9.17) is 4.74 Å². The van der Waals surface area contributed by atoms with Crippen molar-refractivity contribution in [2.75, 3.05) is 19.0 Å². The molecule has 28 heavy (non-hydrogen) atoms. The first-order valence-electron chi connectivity index (χ1n) is 8.96. The van der Waals surface area contributed by atoms with Crippen LogP contribution in [0.1, 0.15) is 32.4 Å². The lowest BCUT2D eigenvalue weighted by Gasteiger charge is -2.30. The summed E-state index contributed by atoms with van der Waals surface area (Å²) < 4.78 is 5.38. The van der Waals surface area contributed by atoms with Gasteiger partial charge in [-0.2, -0.15) is 0 Å². The van der Waals surface area contributed by atoms with Crippen LogP contribution in [-0.2, 0) is 4.79 Å². The van der Waals surface area contributed by atoms with E-state index in [1.807, 2.05) is 48.7 Å². The zero-order chi connectivity index (χ0) is 19.7. The molecule has 1 N–H and O–H groups in total. The Morgan fingerprint density at radius 1 is 1.18 bits per heavy atom. The fraction of sp³-hybridized carbons (Fsp3) is 0.182. The molecule has 0 radical (unpaired) electrons. The number of carbonyl (C=O) groups is 2. The van der Waals surface area contributed by atoms with E-state index in [0.29, 0.717) is 11.3 Å². The number of amides is 2. The number of methoxy groups -OCH3 is 1. The van der Waals surface area contributed by atoms with E-state index in [2.05, 4.69) is 5.32 Å². The van der Waals surface area contributed by atoms with Crippen molar-refractivity contribution < 1.29 is 14.3 Å². The Kier molecular flexibility index (Phi) is 4.88. The number of hydrogen-bond donors (Lipinski definition) is 1. The SMILES string of the molecule is COc1ccccc1C(=O)N1CC(=O)Nc2ccc(C)cc2C1c1cccs1. The zero-order valence-corrected chi connectivity index (χ0v) is 16.5. The maximum absolute atomic E-state index is 13.5. The summed E-state index contributed by atoms with van der Waals surface area (Å²) in [7, 11) is 1.54. The summed E-state index contributed by atoms with van der Waals surface area (Å²) in [5.41, 5.74) is 3.16. The molecule has 142 valence electrons. The number of thiophene rings is 1. The number of ether oxygens (including phenoxy) is 1. The van der Waals surface area contributed by atoms with Crippen LogP contribution in [0, 0.1) is 6.92 Å². The molecule has 0 bridgehead atoms. The van der Waals surface area contributed by atoms with Crippen molar-refractivity contribution in [3.05, 3.63) is 81.5 Å². The number of carbonyl (C=O) groups excluding carboxylic acids is 2. The van der Waals surface area contributed by atoms with Crippen LogP contribution >= 0.6 is 11.3 Å². The molecule has 2 heterocycles. The highest BCUT2D eigenvalue weighted by Crippen LogP contribution is 2.39. The molecule has 1 aromatic heterocycles. The molecule has 0 aliphatic carbocycles. The second-order valence-corrected chi connectivity index (χ2v) is 7.67. The van der Waals surface area contributed by atoms with Crippen LogP contribution in [-0.4, -0.2) is 30.4 Å². The predicted molar refractivity (Wildman–Crippen MR) is 110 cm³/mol. The van der Waals surface area contributed by atoms with Gasteiger partial charge in [-0.25, -0.2) is 0 Å². The van der Waals surface area contributed by atoms with Crippen molar-refractivity contribution in [1.29, 1.82) is 0 Å². The third-order valence-electron chi connectivity index (χ3n) is 4.81. The molecule has 1 atom stereocenters. The number of rotatable bonds is 3. The average Bonchev–Trinajstić information content (AvgIpc) is 3.18. The van der Waals surface area contributed by atoms with Crippen molar-refractivity contribution in [3.8, 4) is 5.75 Å². The van der Waals surface area contributed by atoms with Crippen molar-refractivity contribution in [1.82, 2.24) is 4.90 Å². The number of nitrogens with zero attached hydrogens (tertiary/aromatic N) is 1. The Balaban J connectivity index is 1.89. The number of fused-ring (bicyclic) bond motifs is 1. The van der Waals surface area contributed by atoms with E-state index in [9.17, 15) is 9.59 Å². The third-order valence-corrected chi connectivity index (χ3v) is 5.74. The van der Waals surface area contributed by atoms with Crippen molar-refractivity contribution in [3.63, 3.8) is 0 Å². The molecule has 6 heteroatoms. The standard InChI is InChI=1S/C22H20N2O3S/c1-14-9-10-17-16(12-14)21(19-8-5-11-28-19)24(13-20(25)23-17)22(26)15-6-3-4-7-18(15)27-2/h3-12,21H,13H2,1-2H3,(H,23,25). The van der Waals surface area contributed by atoms with Gasteiger partial charge in [0.15, 0.2) is 0 Å². The van der Waals surface area contributed by atoms with E-state index >= 15 is 0 Å². The second-order valence-electron chi connectivity index (χ2n) is 6.69. The number of aryl methyl sites for hydroxylation is 1. The zero-order valence-electron chi connectivity index (χ0n) is 15.6. The van der Waals surface area contributed by atoms with Crippen LogP contribution in [0.5, 0.6) is 5.75 Å². The van der Waals surface area contributed by atoms with Crippen LogP contribution in [0.3, 0.4) is 0 Å². The molecule has 0 saturated carbocycles. The molecule has 1 aliphatic rings. The minimum absolute atomic E-state index is 0.0345. The highest BCUT2D eigenvalue weighted by molar-refractivity contribution is 7.10. The molecule has 4 rings (SSSR count). The Morgan fingerprint density at radius 3 is 2.75 bits per heavy atom. The smallest absolute Gasteiger partial charge is 0.258 e. The largest absolute Gasteiger partial charge is 0.496 e. The van der Waals surface area contributed by atoms with E-state index in [1.54, 1.807) is 34.4 Å². The van der Waals surface area contributed by atoms with Gasteiger partial charge in [-0.3, -0.25) is 9.59 Å². The molecule has 2 aromatic carbocycles. The molecule has 0 fully saturated rings. The van der Waals surface area contributed by atoms with Gasteiger partial charge < -0.3 is 15.0 Å². The molecule has 5 nitrogen and oxygen atoms in total. The normalized spacial score (nSPS) is 16.1. The monoisotopic (exact) mass is 392 g/mol. The highest BCUT2D eigenvalue weighted by atomic mass is 32.1. The number of para-hydroxylation sites is 1. The summed E-state index contributed by atoms with van der Waals surface area (Å²) in [6, 6.07) is 16.6. The number of nitrogens with one attached hydrogen (secondary N) is 1. The number of anilines is 1. The van der Waals surface area contributed by atoms with Gasteiger partial charge >= 0.3 is 0 Å². The molecular weight excluding hydrogens is 372 g/mol. The molecule has 1 aliphatic heterocycles. The van der Waals surface area contributed by atoms with Gasteiger partial charge in [0.1, 0.15) is 12.3 Å². The van der Waals surface area contributed by atoms with E-state index in [1.165, 1.54) is 7.11 Å². The van der Waals surface area contributed by atoms with Crippen LogP contribution in [0.15, 0.2) is 60.0 Å². The molecule has 3 aromatic rings. The molecule has 1 unspecified atom stereocenters. The topological polar surface area (TPSA) is 58.6 Å². The van der Waals surface area contributed by atoms with Crippen LogP contribution in [0.4, 0.5) is 5.69 Å². The van der Waals surface area contributed by atoms with Gasteiger partial charge in [-0.05, 0) is 36.6 Å². The Hall–Kier alpha value is -3.12. The summed E-state index contributed by atoms with van der Waals surface area (Å²) in [4.78, 5) is 28.8. The van der Waals surface area contributed by atoms with Crippen molar-refractivity contribution in [2.45, 2.75) is 13.0 Å². The van der Waals surface area contributed by atoms with Gasteiger partial charge in [0.2, 0.25) is 5.91 Å². The third kappa shape index (κ3) is 3.27. The van der Waals surface area contributed by atoms with Crippen LogP contribution in [0.25, 0.3) is 0 Å². The summed E-state index contributed by atoms with van der Waals surface area (Å²) in [5.74, 6) is 0.0410. The van der Waals surface area contributed by atoms with E-state index in [0.717, 1.165) is 21.7 Å². The quantitative estimate of drug-likeness (QED) is 0.725. The van der Waals surface area contributed by atoms with Gasteiger partial charge in [-0.1, -0.05) is 35.9 Å². The van der Waals surface area contributed by atoms with Crippen molar-refractivity contribution >= 4 is 28.8 Å². The first kappa shape index (κ1) is 18.3. The lowest BCUT2D eigenvalue weighted by atomic mass is 9.99. The second kappa shape index (κ2) is 7.48. The highest BCUT2D eigenvalue weighted by Gasteiger charge is 2.35. The lowest BCUT2D eigenvalue weighted by molar-refractivity contribution is -0.117. The van der Waals surface area contributed by atoms with E-state index < -0.39 is 0 Å². The summed E-state index contributed by atoms with van der Waals surface area (Å²) in [5, 5.41) is 4.93. The number of hydrogen-bond acceptors (Lipinski definition) is 4. The molecule has 2 amide bonds. The Bertz CT molecular complexity index is 1030. The fourth-order valence-corrected chi connectivity index (χ4v) is 4.40. The van der Waals surface area contributed by atoms with Crippen molar-refractivity contribution in [2.24, 2.45) is 0 Å². The fourth-order valence-electron chi connectivity index (χ4n) is 3.54. The number of benzene rings is 2. The predicted octanol–water partition coefficient (Wildman–Crippen LogP) is 4.25. The Labute approximate surface area is 167 Å². The summed E-state index contributed by atoms with van der Waals surface area (Å²) in [6.45, 7) is 1.97. The lowest BCUT2D eigenvalue weighted by Crippen LogP contribution is -2.38. The van der Waals surface area contributed by atoms with Gasteiger partial charge in [-0.15, -0.1) is 11.3 Å². The molecular formula is C22H20N2O3S. The summed E-state index contributed by atoms with van der Waals surface area (Å²) >= 11 is 1.57. The summed E-state index contributed by atoms with van der Waals surface area (Å²) in [6.07, 6.45) is 0. The molecule has 0 saturated heterocycles. The maximum Gasteiger partial charge on any atom is 0.258 e. The Morgan fingerprint density at radius 2 is 2.00 bits per heavy atom. The minimum atomic E-state index is -0.355.